The first-order valence-corrected chi connectivity index (χ1v) is 9.47. The Morgan fingerprint density at radius 3 is 2.48 bits per heavy atom. The van der Waals surface area contributed by atoms with Gasteiger partial charge in [0.2, 0.25) is 0 Å². The molecule has 0 saturated heterocycles. The second-order valence-corrected chi connectivity index (χ2v) is 7.70. The van der Waals surface area contributed by atoms with E-state index in [1.807, 2.05) is 30.3 Å². The standard InChI is InChI=1S/C23H18ClNO2/c24-19-8-4-3-7-16(19)22-18-11-13-5-1-2-6-15(13)21(18)17-12-14(23(26)27)9-10-20(17)25-22/h1-10,12,18,21-22,25H,11H2,(H,26,27)/t18-,21-,22-/m0/s1. The summed E-state index contributed by atoms with van der Waals surface area (Å²) in [5, 5.41) is 13.9. The van der Waals surface area contributed by atoms with E-state index in [2.05, 4.69) is 35.6 Å². The Morgan fingerprint density at radius 1 is 0.963 bits per heavy atom. The highest BCUT2D eigenvalue weighted by Gasteiger charge is 2.43. The van der Waals surface area contributed by atoms with Crippen molar-refractivity contribution >= 4 is 23.3 Å². The molecule has 1 heterocycles. The molecule has 2 N–H and O–H groups in total. The Kier molecular flexibility index (Phi) is 3.73. The molecule has 0 spiro atoms. The van der Waals surface area contributed by atoms with Crippen molar-refractivity contribution in [2.24, 2.45) is 5.92 Å². The first-order valence-electron chi connectivity index (χ1n) is 9.09. The lowest BCUT2D eigenvalue weighted by Gasteiger charge is -2.38. The average Bonchev–Trinajstić information content (AvgIpc) is 3.07. The van der Waals surface area contributed by atoms with Crippen LogP contribution < -0.4 is 5.32 Å². The van der Waals surface area contributed by atoms with Crippen molar-refractivity contribution in [3.8, 4) is 0 Å². The number of benzene rings is 3. The minimum atomic E-state index is -0.895. The van der Waals surface area contributed by atoms with Gasteiger partial charge in [0.05, 0.1) is 11.6 Å². The zero-order chi connectivity index (χ0) is 18.5. The van der Waals surface area contributed by atoms with E-state index in [0.717, 1.165) is 28.3 Å². The molecule has 3 atom stereocenters. The molecule has 3 aromatic rings. The van der Waals surface area contributed by atoms with Crippen LogP contribution >= 0.6 is 11.6 Å². The van der Waals surface area contributed by atoms with Gasteiger partial charge in [-0.25, -0.2) is 4.79 Å². The second kappa shape index (κ2) is 6.14. The first kappa shape index (κ1) is 16.4. The van der Waals surface area contributed by atoms with Gasteiger partial charge >= 0.3 is 5.97 Å². The molecule has 3 aromatic carbocycles. The molecule has 0 radical (unpaired) electrons. The van der Waals surface area contributed by atoms with Gasteiger partial charge < -0.3 is 10.4 Å². The molecule has 3 nitrogen and oxygen atoms in total. The van der Waals surface area contributed by atoms with E-state index < -0.39 is 5.97 Å². The van der Waals surface area contributed by atoms with Crippen LogP contribution in [0.2, 0.25) is 5.02 Å². The van der Waals surface area contributed by atoms with Crippen LogP contribution in [-0.4, -0.2) is 11.1 Å². The third-order valence-electron chi connectivity index (χ3n) is 5.89. The summed E-state index contributed by atoms with van der Waals surface area (Å²) in [6, 6.07) is 21.9. The largest absolute Gasteiger partial charge is 0.478 e. The summed E-state index contributed by atoms with van der Waals surface area (Å²) in [7, 11) is 0. The fourth-order valence-electron chi connectivity index (χ4n) is 4.73. The van der Waals surface area contributed by atoms with E-state index >= 15 is 0 Å². The van der Waals surface area contributed by atoms with Crippen molar-refractivity contribution < 1.29 is 9.90 Å². The van der Waals surface area contributed by atoms with E-state index in [4.69, 9.17) is 11.6 Å². The van der Waals surface area contributed by atoms with Gasteiger partial charge in [-0.15, -0.1) is 0 Å². The maximum absolute atomic E-state index is 11.5. The SMILES string of the molecule is O=C(O)c1ccc2c(c1)[C@@H]1c3ccccc3C[C@@H]1[C@H](c1ccccc1Cl)N2. The molecule has 2 aliphatic rings. The zero-order valence-corrected chi connectivity index (χ0v) is 15.3. The Labute approximate surface area is 162 Å². The van der Waals surface area contributed by atoms with Gasteiger partial charge in [-0.05, 0) is 58.9 Å². The highest BCUT2D eigenvalue weighted by molar-refractivity contribution is 6.31. The maximum Gasteiger partial charge on any atom is 0.335 e. The quantitative estimate of drug-likeness (QED) is 0.621. The maximum atomic E-state index is 11.5. The predicted molar refractivity (Wildman–Crippen MR) is 107 cm³/mol. The molecule has 134 valence electrons. The summed E-state index contributed by atoms with van der Waals surface area (Å²) < 4.78 is 0. The summed E-state index contributed by atoms with van der Waals surface area (Å²) in [6.07, 6.45) is 0.945. The van der Waals surface area contributed by atoms with E-state index in [1.54, 1.807) is 6.07 Å². The third kappa shape index (κ3) is 2.54. The summed E-state index contributed by atoms with van der Waals surface area (Å²) in [4.78, 5) is 11.5. The third-order valence-corrected chi connectivity index (χ3v) is 6.23. The number of carboxylic acid groups (broad SMARTS) is 1. The van der Waals surface area contributed by atoms with Crippen molar-refractivity contribution in [2.45, 2.75) is 18.4 Å². The molecule has 0 fully saturated rings. The number of fused-ring (bicyclic) bond motifs is 5. The van der Waals surface area contributed by atoms with Crippen LogP contribution in [0.3, 0.4) is 0 Å². The number of carboxylic acids is 1. The smallest absolute Gasteiger partial charge is 0.335 e. The first-order chi connectivity index (χ1) is 13.1. The number of hydrogen-bond acceptors (Lipinski definition) is 2. The number of halogens is 1. The minimum Gasteiger partial charge on any atom is -0.478 e. The van der Waals surface area contributed by atoms with Crippen LogP contribution in [0.15, 0.2) is 66.7 Å². The fourth-order valence-corrected chi connectivity index (χ4v) is 4.98. The molecule has 0 amide bonds. The van der Waals surface area contributed by atoms with Crippen LogP contribution in [0.1, 0.15) is 44.6 Å². The Morgan fingerprint density at radius 2 is 1.70 bits per heavy atom. The molecule has 1 aliphatic carbocycles. The molecular weight excluding hydrogens is 358 g/mol. The van der Waals surface area contributed by atoms with Gasteiger partial charge in [0, 0.05) is 16.6 Å². The number of hydrogen-bond donors (Lipinski definition) is 2. The number of anilines is 1. The summed E-state index contributed by atoms with van der Waals surface area (Å²) in [5.74, 6) is -0.439. The monoisotopic (exact) mass is 375 g/mol. The topological polar surface area (TPSA) is 49.3 Å². The van der Waals surface area contributed by atoms with Crippen LogP contribution in [0.5, 0.6) is 0 Å². The van der Waals surface area contributed by atoms with Crippen molar-refractivity contribution in [3.05, 3.63) is 99.6 Å². The van der Waals surface area contributed by atoms with Gasteiger partial charge in [0.1, 0.15) is 0 Å². The van der Waals surface area contributed by atoms with E-state index in [1.165, 1.54) is 11.1 Å². The lowest BCUT2D eigenvalue weighted by molar-refractivity contribution is 0.0696. The van der Waals surface area contributed by atoms with Gasteiger partial charge in [0.25, 0.3) is 0 Å². The van der Waals surface area contributed by atoms with Crippen molar-refractivity contribution in [2.75, 3.05) is 5.32 Å². The summed E-state index contributed by atoms with van der Waals surface area (Å²) in [6.45, 7) is 0. The van der Waals surface area contributed by atoms with Crippen LogP contribution in [0, 0.1) is 5.92 Å². The molecular formula is C23H18ClNO2. The van der Waals surface area contributed by atoms with E-state index in [-0.39, 0.29) is 12.0 Å². The number of nitrogens with one attached hydrogen (secondary N) is 1. The van der Waals surface area contributed by atoms with Crippen molar-refractivity contribution in [1.82, 2.24) is 0 Å². The molecule has 0 bridgehead atoms. The lowest BCUT2D eigenvalue weighted by atomic mass is 9.75. The molecule has 0 saturated carbocycles. The van der Waals surface area contributed by atoms with Gasteiger partial charge in [-0.3, -0.25) is 0 Å². The van der Waals surface area contributed by atoms with Gasteiger partial charge in [0.15, 0.2) is 0 Å². The Balaban J connectivity index is 1.71. The van der Waals surface area contributed by atoms with Gasteiger partial charge in [-0.1, -0.05) is 54.1 Å². The van der Waals surface area contributed by atoms with Crippen LogP contribution in [0.25, 0.3) is 0 Å². The van der Waals surface area contributed by atoms with Crippen LogP contribution in [0.4, 0.5) is 5.69 Å². The fraction of sp³-hybridized carbons (Fsp3) is 0.174. The van der Waals surface area contributed by atoms with Crippen LogP contribution in [-0.2, 0) is 6.42 Å². The lowest BCUT2D eigenvalue weighted by Crippen LogP contribution is -2.30. The van der Waals surface area contributed by atoms with Crippen molar-refractivity contribution in [3.63, 3.8) is 0 Å². The zero-order valence-electron chi connectivity index (χ0n) is 14.5. The molecule has 5 rings (SSSR count). The Bertz CT molecular complexity index is 1060. The van der Waals surface area contributed by atoms with E-state index in [9.17, 15) is 9.90 Å². The predicted octanol–water partition coefficient (Wildman–Crippen LogP) is 5.51. The summed E-state index contributed by atoms with van der Waals surface area (Å²) in [5.41, 5.74) is 6.10. The second-order valence-electron chi connectivity index (χ2n) is 7.30. The number of carbonyl (C=O) groups is 1. The summed E-state index contributed by atoms with van der Waals surface area (Å²) >= 11 is 6.54. The van der Waals surface area contributed by atoms with E-state index in [0.29, 0.717) is 11.5 Å². The minimum absolute atomic E-state index is 0.0827. The molecule has 4 heteroatoms. The Hall–Kier alpha value is -2.78. The highest BCUT2D eigenvalue weighted by Crippen LogP contribution is 2.54. The number of rotatable bonds is 2. The highest BCUT2D eigenvalue weighted by atomic mass is 35.5. The number of aromatic carboxylic acids is 1. The normalized spacial score (nSPS) is 22.3. The average molecular weight is 376 g/mol. The molecule has 0 unspecified atom stereocenters. The van der Waals surface area contributed by atoms with Gasteiger partial charge in [-0.2, -0.15) is 0 Å². The molecule has 27 heavy (non-hydrogen) atoms. The van der Waals surface area contributed by atoms with Crippen molar-refractivity contribution in [1.29, 1.82) is 0 Å². The molecule has 0 aromatic heterocycles. The molecule has 1 aliphatic heterocycles.